The van der Waals surface area contributed by atoms with Gasteiger partial charge in [-0.15, -0.1) is 0 Å². The highest BCUT2D eigenvalue weighted by Gasteiger charge is 2.24. The standard InChI is InChI=1S/C10H11N3O4S/c1-6(10(14)15)13-18(16,17)8-5-12-9-7(8)3-2-4-11-9/h2-6,13H,1H3,(H,11,12)(H,14,15)/t6-/m0/s1. The van der Waals surface area contributed by atoms with Gasteiger partial charge in [0.25, 0.3) is 0 Å². The summed E-state index contributed by atoms with van der Waals surface area (Å²) in [6.07, 6.45) is 2.82. The largest absolute Gasteiger partial charge is 0.480 e. The number of carboxylic acids is 1. The molecule has 2 aromatic rings. The molecule has 0 amide bonds. The molecule has 0 bridgehead atoms. The van der Waals surface area contributed by atoms with Crippen LogP contribution in [0, 0.1) is 0 Å². The molecule has 2 rings (SSSR count). The Labute approximate surface area is 103 Å². The molecule has 0 aromatic carbocycles. The molecule has 3 N–H and O–H groups in total. The van der Waals surface area contributed by atoms with Gasteiger partial charge < -0.3 is 10.1 Å². The summed E-state index contributed by atoms with van der Waals surface area (Å²) in [4.78, 5) is 17.3. The Bertz CT molecular complexity index is 692. The Kier molecular flexibility index (Phi) is 3.05. The summed E-state index contributed by atoms with van der Waals surface area (Å²) >= 11 is 0. The number of carboxylic acid groups (broad SMARTS) is 1. The van der Waals surface area contributed by atoms with Gasteiger partial charge in [0.05, 0.1) is 0 Å². The Morgan fingerprint density at radius 1 is 1.56 bits per heavy atom. The maximum Gasteiger partial charge on any atom is 0.321 e. The van der Waals surface area contributed by atoms with Crippen molar-refractivity contribution in [2.45, 2.75) is 17.9 Å². The van der Waals surface area contributed by atoms with E-state index in [2.05, 4.69) is 14.7 Å². The van der Waals surface area contributed by atoms with Crippen LogP contribution in [0.3, 0.4) is 0 Å². The summed E-state index contributed by atoms with van der Waals surface area (Å²) in [5, 5.41) is 9.13. The lowest BCUT2D eigenvalue weighted by atomic mass is 10.3. The van der Waals surface area contributed by atoms with E-state index < -0.39 is 22.0 Å². The van der Waals surface area contributed by atoms with Crippen molar-refractivity contribution in [3.63, 3.8) is 0 Å². The van der Waals surface area contributed by atoms with Crippen molar-refractivity contribution < 1.29 is 18.3 Å². The second-order valence-electron chi connectivity index (χ2n) is 3.73. The van der Waals surface area contributed by atoms with Gasteiger partial charge in [-0.25, -0.2) is 13.4 Å². The third-order valence-electron chi connectivity index (χ3n) is 2.41. The van der Waals surface area contributed by atoms with Gasteiger partial charge in [0.1, 0.15) is 16.6 Å². The van der Waals surface area contributed by atoms with Gasteiger partial charge in [0, 0.05) is 17.8 Å². The highest BCUT2D eigenvalue weighted by atomic mass is 32.2. The molecule has 0 aliphatic carbocycles. The quantitative estimate of drug-likeness (QED) is 0.739. The summed E-state index contributed by atoms with van der Waals surface area (Å²) in [5.41, 5.74) is 0.431. The number of hydrogen-bond donors (Lipinski definition) is 3. The van der Waals surface area contributed by atoms with Crippen LogP contribution in [-0.2, 0) is 14.8 Å². The number of aromatic amines is 1. The minimum atomic E-state index is -3.89. The predicted octanol–water partition coefficient (Wildman–Crippen LogP) is 0.314. The van der Waals surface area contributed by atoms with E-state index in [0.717, 1.165) is 0 Å². The van der Waals surface area contributed by atoms with Crippen LogP contribution in [0.25, 0.3) is 11.0 Å². The van der Waals surface area contributed by atoms with Crippen molar-refractivity contribution in [2.75, 3.05) is 0 Å². The number of fused-ring (bicyclic) bond motifs is 1. The predicted molar refractivity (Wildman–Crippen MR) is 63.5 cm³/mol. The molecular weight excluding hydrogens is 258 g/mol. The minimum Gasteiger partial charge on any atom is -0.480 e. The number of aliphatic carboxylic acids is 1. The van der Waals surface area contributed by atoms with Gasteiger partial charge in [-0.05, 0) is 19.1 Å². The maximum absolute atomic E-state index is 12.0. The van der Waals surface area contributed by atoms with Crippen LogP contribution in [0.15, 0.2) is 29.4 Å². The van der Waals surface area contributed by atoms with E-state index in [4.69, 9.17) is 5.11 Å². The zero-order chi connectivity index (χ0) is 13.3. The SMILES string of the molecule is C[C@H](NS(=O)(=O)c1c[nH]c2ncccc12)C(=O)O. The molecule has 0 aliphatic heterocycles. The first-order valence-corrected chi connectivity index (χ1v) is 6.57. The summed E-state index contributed by atoms with van der Waals surface area (Å²) in [6.45, 7) is 1.26. The van der Waals surface area contributed by atoms with Crippen LogP contribution in [0.2, 0.25) is 0 Å². The van der Waals surface area contributed by atoms with Crippen LogP contribution >= 0.6 is 0 Å². The van der Waals surface area contributed by atoms with Crippen molar-refractivity contribution in [3.05, 3.63) is 24.5 Å². The molecule has 0 saturated carbocycles. The smallest absolute Gasteiger partial charge is 0.321 e. The third-order valence-corrected chi connectivity index (χ3v) is 3.99. The van der Waals surface area contributed by atoms with Gasteiger partial charge in [0.15, 0.2) is 0 Å². The molecule has 0 saturated heterocycles. The highest BCUT2D eigenvalue weighted by molar-refractivity contribution is 7.89. The molecule has 0 radical (unpaired) electrons. The molecule has 0 aliphatic rings. The lowest BCUT2D eigenvalue weighted by Gasteiger charge is -2.09. The zero-order valence-electron chi connectivity index (χ0n) is 9.41. The molecule has 2 aromatic heterocycles. The number of nitrogens with one attached hydrogen (secondary N) is 2. The van der Waals surface area contributed by atoms with Gasteiger partial charge in [0.2, 0.25) is 10.0 Å². The first-order valence-electron chi connectivity index (χ1n) is 5.09. The van der Waals surface area contributed by atoms with E-state index >= 15 is 0 Å². The second-order valence-corrected chi connectivity index (χ2v) is 5.42. The van der Waals surface area contributed by atoms with Crippen molar-refractivity contribution in [2.24, 2.45) is 0 Å². The molecule has 18 heavy (non-hydrogen) atoms. The van der Waals surface area contributed by atoms with Crippen LogP contribution < -0.4 is 4.72 Å². The van der Waals surface area contributed by atoms with E-state index in [1.807, 2.05) is 0 Å². The summed E-state index contributed by atoms with van der Waals surface area (Å²) in [6, 6.07) is 2.01. The van der Waals surface area contributed by atoms with Crippen molar-refractivity contribution in [3.8, 4) is 0 Å². The van der Waals surface area contributed by atoms with Crippen LogP contribution in [-0.4, -0.2) is 35.5 Å². The number of sulfonamides is 1. The fraction of sp³-hybridized carbons (Fsp3) is 0.200. The number of H-pyrrole nitrogens is 1. The van der Waals surface area contributed by atoms with Gasteiger partial charge in [-0.1, -0.05) is 0 Å². The van der Waals surface area contributed by atoms with Crippen molar-refractivity contribution in [1.82, 2.24) is 14.7 Å². The molecular formula is C10H11N3O4S. The Morgan fingerprint density at radius 3 is 2.94 bits per heavy atom. The van der Waals surface area contributed by atoms with Gasteiger partial charge in [-0.3, -0.25) is 4.79 Å². The molecule has 8 heteroatoms. The molecule has 0 spiro atoms. The first-order chi connectivity index (χ1) is 8.42. The van der Waals surface area contributed by atoms with E-state index in [-0.39, 0.29) is 4.90 Å². The number of rotatable bonds is 4. The van der Waals surface area contributed by atoms with Gasteiger partial charge in [-0.2, -0.15) is 4.72 Å². The van der Waals surface area contributed by atoms with Crippen molar-refractivity contribution in [1.29, 1.82) is 0 Å². The number of carbonyl (C=O) groups is 1. The Balaban J connectivity index is 2.44. The lowest BCUT2D eigenvalue weighted by molar-refractivity contribution is -0.138. The summed E-state index contributed by atoms with van der Waals surface area (Å²) < 4.78 is 26.1. The Hall–Kier alpha value is -1.93. The number of hydrogen-bond acceptors (Lipinski definition) is 4. The maximum atomic E-state index is 12.0. The normalized spacial score (nSPS) is 13.6. The van der Waals surface area contributed by atoms with E-state index in [1.165, 1.54) is 19.3 Å². The molecule has 0 fully saturated rings. The van der Waals surface area contributed by atoms with E-state index in [9.17, 15) is 13.2 Å². The van der Waals surface area contributed by atoms with Gasteiger partial charge >= 0.3 is 5.97 Å². The molecule has 7 nitrogen and oxygen atoms in total. The third kappa shape index (κ3) is 2.20. The molecule has 2 heterocycles. The topological polar surface area (TPSA) is 112 Å². The molecule has 1 atom stereocenters. The monoisotopic (exact) mass is 269 g/mol. The summed E-state index contributed by atoms with van der Waals surface area (Å²) in [5.74, 6) is -1.24. The number of pyridine rings is 1. The average Bonchev–Trinajstić information content (AvgIpc) is 2.72. The Morgan fingerprint density at radius 2 is 2.28 bits per heavy atom. The zero-order valence-corrected chi connectivity index (χ0v) is 10.2. The second kappa shape index (κ2) is 4.39. The number of nitrogens with zero attached hydrogens (tertiary/aromatic N) is 1. The molecule has 96 valence electrons. The van der Waals surface area contributed by atoms with E-state index in [0.29, 0.717) is 11.0 Å². The number of aromatic nitrogens is 2. The minimum absolute atomic E-state index is 0.0151. The fourth-order valence-electron chi connectivity index (χ4n) is 1.50. The highest BCUT2D eigenvalue weighted by Crippen LogP contribution is 2.20. The van der Waals surface area contributed by atoms with Crippen LogP contribution in [0.4, 0.5) is 0 Å². The van der Waals surface area contributed by atoms with E-state index in [1.54, 1.807) is 12.1 Å². The van der Waals surface area contributed by atoms with Crippen LogP contribution in [0.1, 0.15) is 6.92 Å². The first kappa shape index (κ1) is 12.5. The average molecular weight is 269 g/mol. The van der Waals surface area contributed by atoms with Crippen molar-refractivity contribution >= 4 is 27.0 Å². The van der Waals surface area contributed by atoms with Crippen LogP contribution in [0.5, 0.6) is 0 Å². The molecule has 0 unspecified atom stereocenters. The fourth-order valence-corrected chi connectivity index (χ4v) is 2.86. The summed E-state index contributed by atoms with van der Waals surface area (Å²) in [7, 11) is -3.89. The lowest BCUT2D eigenvalue weighted by Crippen LogP contribution is -2.38.